The largest absolute Gasteiger partial charge is 0.325 e. The monoisotopic (exact) mass is 309 g/mol. The number of nitrogens with one attached hydrogen (secondary N) is 1. The molecule has 0 unspecified atom stereocenters. The zero-order chi connectivity index (χ0) is 14.2. The first-order valence-corrected chi connectivity index (χ1v) is 7.93. The van der Waals surface area contributed by atoms with Gasteiger partial charge in [-0.3, -0.25) is 5.43 Å². The van der Waals surface area contributed by atoms with Crippen molar-refractivity contribution in [2.24, 2.45) is 10.2 Å². The molecule has 0 aliphatic carbocycles. The minimum absolute atomic E-state index is 0.212. The highest BCUT2D eigenvalue weighted by Crippen LogP contribution is 2.31. The second kappa shape index (κ2) is 4.85. The molecule has 2 aromatic rings. The van der Waals surface area contributed by atoms with Gasteiger partial charge >= 0.3 is 0 Å². The average Bonchev–Trinajstić information content (AvgIpc) is 2.90. The van der Waals surface area contributed by atoms with Gasteiger partial charge in [-0.15, -0.1) is 4.40 Å². The SMILES string of the molecule is NNc1ncc(CN2C=NS(=O)(=O)c3ccccc32)s1. The van der Waals surface area contributed by atoms with Crippen molar-refractivity contribution in [1.29, 1.82) is 0 Å². The Balaban J connectivity index is 1.95. The summed E-state index contributed by atoms with van der Waals surface area (Å²) in [6.45, 7) is 0.482. The predicted octanol–water partition coefficient (Wildman–Crippen LogP) is 1.17. The molecular formula is C11H11N5O2S2. The van der Waals surface area contributed by atoms with E-state index in [1.165, 1.54) is 17.7 Å². The summed E-state index contributed by atoms with van der Waals surface area (Å²) in [6.07, 6.45) is 3.02. The number of rotatable bonds is 3. The fraction of sp³-hybridized carbons (Fsp3) is 0.0909. The molecular weight excluding hydrogens is 298 g/mol. The average molecular weight is 309 g/mol. The van der Waals surface area contributed by atoms with E-state index in [1.54, 1.807) is 35.4 Å². The first-order chi connectivity index (χ1) is 9.60. The summed E-state index contributed by atoms with van der Waals surface area (Å²) in [4.78, 5) is 7.00. The molecule has 3 N–H and O–H groups in total. The van der Waals surface area contributed by atoms with Crippen molar-refractivity contribution < 1.29 is 8.42 Å². The van der Waals surface area contributed by atoms with Crippen molar-refractivity contribution in [1.82, 2.24) is 4.98 Å². The lowest BCUT2D eigenvalue weighted by Crippen LogP contribution is -2.26. The predicted molar refractivity (Wildman–Crippen MR) is 78.2 cm³/mol. The highest BCUT2D eigenvalue weighted by Gasteiger charge is 2.25. The first kappa shape index (κ1) is 13.0. The second-order valence-electron chi connectivity index (χ2n) is 4.07. The number of nitrogens with two attached hydrogens (primary N) is 1. The number of para-hydroxylation sites is 1. The maximum Gasteiger partial charge on any atom is 0.285 e. The molecule has 1 aliphatic rings. The molecule has 1 aromatic carbocycles. The molecule has 0 bridgehead atoms. The summed E-state index contributed by atoms with van der Waals surface area (Å²) in [7, 11) is -3.58. The van der Waals surface area contributed by atoms with Crippen LogP contribution in [0.4, 0.5) is 10.8 Å². The number of anilines is 2. The summed E-state index contributed by atoms with van der Waals surface area (Å²) in [6, 6.07) is 6.77. The lowest BCUT2D eigenvalue weighted by Gasteiger charge is -2.24. The molecule has 20 heavy (non-hydrogen) atoms. The number of nitrogen functional groups attached to an aromatic ring is 1. The molecule has 1 aliphatic heterocycles. The standard InChI is InChI=1S/C11H11N5O2S2/c12-15-11-13-5-8(19-11)6-16-7-14-20(17,18)10-4-2-1-3-9(10)16/h1-5,7H,6,12H2,(H,13,15). The first-order valence-electron chi connectivity index (χ1n) is 5.67. The number of benzene rings is 1. The summed E-state index contributed by atoms with van der Waals surface area (Å²) < 4.78 is 27.3. The third-order valence-electron chi connectivity index (χ3n) is 2.78. The molecule has 0 fully saturated rings. The highest BCUT2D eigenvalue weighted by atomic mass is 32.2. The van der Waals surface area contributed by atoms with Gasteiger partial charge in [0.1, 0.15) is 11.2 Å². The van der Waals surface area contributed by atoms with Crippen LogP contribution in [0.25, 0.3) is 0 Å². The number of hydrazine groups is 1. The Hall–Kier alpha value is -1.97. The van der Waals surface area contributed by atoms with E-state index in [1.807, 2.05) is 0 Å². The maximum atomic E-state index is 11.9. The molecule has 0 spiro atoms. The van der Waals surface area contributed by atoms with Gasteiger partial charge in [0.05, 0.1) is 12.2 Å². The Morgan fingerprint density at radius 1 is 1.35 bits per heavy atom. The Kier molecular flexibility index (Phi) is 3.16. The van der Waals surface area contributed by atoms with E-state index in [4.69, 9.17) is 5.84 Å². The van der Waals surface area contributed by atoms with Crippen LogP contribution in [0, 0.1) is 0 Å². The Morgan fingerprint density at radius 3 is 2.90 bits per heavy atom. The highest BCUT2D eigenvalue weighted by molar-refractivity contribution is 7.90. The van der Waals surface area contributed by atoms with E-state index in [-0.39, 0.29) is 4.90 Å². The normalized spacial score (nSPS) is 15.9. The molecule has 3 rings (SSSR count). The minimum Gasteiger partial charge on any atom is -0.325 e. The van der Waals surface area contributed by atoms with E-state index in [0.29, 0.717) is 17.4 Å². The lowest BCUT2D eigenvalue weighted by atomic mass is 10.3. The van der Waals surface area contributed by atoms with Gasteiger partial charge in [0.15, 0.2) is 5.13 Å². The molecule has 104 valence electrons. The zero-order valence-corrected chi connectivity index (χ0v) is 11.9. The minimum atomic E-state index is -3.58. The van der Waals surface area contributed by atoms with Crippen LogP contribution >= 0.6 is 11.3 Å². The molecule has 0 saturated heterocycles. The molecule has 7 nitrogen and oxygen atoms in total. The zero-order valence-electron chi connectivity index (χ0n) is 10.2. The van der Waals surface area contributed by atoms with E-state index in [9.17, 15) is 8.42 Å². The molecule has 0 radical (unpaired) electrons. The van der Waals surface area contributed by atoms with Crippen molar-refractivity contribution >= 4 is 38.5 Å². The van der Waals surface area contributed by atoms with Crippen molar-refractivity contribution in [2.75, 3.05) is 10.3 Å². The van der Waals surface area contributed by atoms with Gasteiger partial charge in [-0.25, -0.2) is 10.8 Å². The summed E-state index contributed by atoms with van der Waals surface area (Å²) >= 11 is 1.40. The van der Waals surface area contributed by atoms with Crippen LogP contribution in [0.15, 0.2) is 39.8 Å². The molecule has 0 amide bonds. The molecule has 1 aromatic heterocycles. The van der Waals surface area contributed by atoms with Crippen LogP contribution in [0.2, 0.25) is 0 Å². The van der Waals surface area contributed by atoms with Crippen molar-refractivity contribution in [3.05, 3.63) is 35.3 Å². The summed E-state index contributed by atoms with van der Waals surface area (Å²) in [5, 5.41) is 0.606. The number of nitrogens with zero attached hydrogens (tertiary/aromatic N) is 3. The van der Waals surface area contributed by atoms with Crippen molar-refractivity contribution in [3.63, 3.8) is 0 Å². The topological polar surface area (TPSA) is 101 Å². The Morgan fingerprint density at radius 2 is 2.15 bits per heavy atom. The van der Waals surface area contributed by atoms with E-state index in [0.717, 1.165) is 4.88 Å². The van der Waals surface area contributed by atoms with Gasteiger partial charge in [0.25, 0.3) is 10.0 Å². The van der Waals surface area contributed by atoms with Gasteiger partial charge in [0.2, 0.25) is 0 Å². The molecule has 9 heteroatoms. The van der Waals surface area contributed by atoms with E-state index >= 15 is 0 Å². The smallest absolute Gasteiger partial charge is 0.285 e. The second-order valence-corrected chi connectivity index (χ2v) is 6.78. The van der Waals surface area contributed by atoms with Crippen LogP contribution in [0.1, 0.15) is 4.88 Å². The number of thiazole rings is 1. The number of fused-ring (bicyclic) bond motifs is 1. The van der Waals surface area contributed by atoms with Gasteiger partial charge in [-0.2, -0.15) is 8.42 Å². The quantitative estimate of drug-likeness (QED) is 0.652. The maximum absolute atomic E-state index is 11.9. The van der Waals surface area contributed by atoms with Crippen LogP contribution in [0.3, 0.4) is 0 Å². The van der Waals surface area contributed by atoms with E-state index < -0.39 is 10.0 Å². The van der Waals surface area contributed by atoms with Crippen LogP contribution in [0.5, 0.6) is 0 Å². The van der Waals surface area contributed by atoms with Gasteiger partial charge < -0.3 is 4.90 Å². The number of hydrogen-bond donors (Lipinski definition) is 2. The third kappa shape index (κ3) is 2.26. The summed E-state index contributed by atoms with van der Waals surface area (Å²) in [5.41, 5.74) is 3.09. The lowest BCUT2D eigenvalue weighted by molar-refractivity contribution is 0.597. The van der Waals surface area contributed by atoms with Crippen LogP contribution in [-0.2, 0) is 16.6 Å². The number of hydrogen-bond acceptors (Lipinski definition) is 7. The van der Waals surface area contributed by atoms with Crippen molar-refractivity contribution in [2.45, 2.75) is 11.4 Å². The number of aromatic nitrogens is 1. The Bertz CT molecular complexity index is 769. The fourth-order valence-electron chi connectivity index (χ4n) is 1.89. The van der Waals surface area contributed by atoms with Gasteiger partial charge in [-0.05, 0) is 12.1 Å². The number of sulfonamides is 1. The van der Waals surface area contributed by atoms with Crippen LogP contribution in [-0.4, -0.2) is 19.7 Å². The van der Waals surface area contributed by atoms with E-state index in [2.05, 4.69) is 14.8 Å². The molecule has 0 atom stereocenters. The molecule has 0 saturated carbocycles. The van der Waals surface area contributed by atoms with Crippen LogP contribution < -0.4 is 16.2 Å². The Labute approximate surface area is 119 Å². The van der Waals surface area contributed by atoms with Gasteiger partial charge in [0, 0.05) is 11.1 Å². The van der Waals surface area contributed by atoms with Gasteiger partial charge in [-0.1, -0.05) is 23.5 Å². The fourth-order valence-corrected chi connectivity index (χ4v) is 3.67. The summed E-state index contributed by atoms with van der Waals surface area (Å²) in [5.74, 6) is 5.29. The molecule has 2 heterocycles. The van der Waals surface area contributed by atoms with Crippen molar-refractivity contribution in [3.8, 4) is 0 Å². The third-order valence-corrected chi connectivity index (χ3v) is 4.97.